The summed E-state index contributed by atoms with van der Waals surface area (Å²) in [7, 11) is 0. The third kappa shape index (κ3) is 4.89. The summed E-state index contributed by atoms with van der Waals surface area (Å²) in [6.07, 6.45) is 0. The lowest BCUT2D eigenvalue weighted by molar-refractivity contribution is 1.18. The van der Waals surface area contributed by atoms with Crippen LogP contribution in [0.15, 0.2) is 158 Å². The van der Waals surface area contributed by atoms with Crippen molar-refractivity contribution >= 4 is 21.8 Å². The average molecular weight is 563 g/mol. The van der Waals surface area contributed by atoms with Crippen molar-refractivity contribution in [2.45, 2.75) is 0 Å². The van der Waals surface area contributed by atoms with Crippen molar-refractivity contribution in [3.63, 3.8) is 0 Å². The van der Waals surface area contributed by atoms with Crippen LogP contribution in [0.5, 0.6) is 0 Å². The number of aromatic nitrogens is 4. The maximum absolute atomic E-state index is 5.12. The third-order valence-electron chi connectivity index (χ3n) is 7.89. The molecule has 0 aliphatic rings. The van der Waals surface area contributed by atoms with Gasteiger partial charge in [-0.1, -0.05) is 140 Å². The summed E-state index contributed by atoms with van der Waals surface area (Å²) in [5.74, 6) is 0.687. The second kappa shape index (κ2) is 11.0. The van der Waals surface area contributed by atoms with E-state index in [1.807, 2.05) is 54.6 Å². The molecule has 0 amide bonds. The van der Waals surface area contributed by atoms with Crippen LogP contribution < -0.4 is 0 Å². The van der Waals surface area contributed by atoms with Crippen LogP contribution >= 0.6 is 0 Å². The normalized spacial score (nSPS) is 11.2. The van der Waals surface area contributed by atoms with Gasteiger partial charge in [0.2, 0.25) is 0 Å². The van der Waals surface area contributed by atoms with Gasteiger partial charge in [-0.05, 0) is 18.2 Å². The quantitative estimate of drug-likeness (QED) is 0.196. The predicted octanol–water partition coefficient (Wildman–Crippen LogP) is 9.91. The number of hydrogen-bond donors (Lipinski definition) is 0. The topological polar surface area (TPSA) is 51.6 Å². The Bertz CT molecular complexity index is 2190. The molecule has 0 saturated heterocycles. The van der Waals surface area contributed by atoms with Crippen molar-refractivity contribution in [1.29, 1.82) is 0 Å². The summed E-state index contributed by atoms with van der Waals surface area (Å²) >= 11 is 0. The zero-order valence-electron chi connectivity index (χ0n) is 23.8. The number of nitrogens with zero attached hydrogens (tertiary/aromatic N) is 4. The summed E-state index contributed by atoms with van der Waals surface area (Å²) in [5.41, 5.74) is 10.6. The Kier molecular flexibility index (Phi) is 6.43. The van der Waals surface area contributed by atoms with E-state index in [0.717, 1.165) is 72.4 Å². The van der Waals surface area contributed by atoms with Gasteiger partial charge in [0.1, 0.15) is 0 Å². The summed E-state index contributed by atoms with van der Waals surface area (Å²) in [4.78, 5) is 20.1. The molecule has 0 radical (unpaired) electrons. The SMILES string of the molecule is c1ccc(-c2cc(-c3ccccc3)nc(-c3ccc(-c4ccc5ccc6ccc(-c7ccccc7)nc6c5n4)cc3)n2)cc1. The molecule has 44 heavy (non-hydrogen) atoms. The van der Waals surface area contributed by atoms with Gasteiger partial charge in [-0.2, -0.15) is 0 Å². The van der Waals surface area contributed by atoms with Gasteiger partial charge in [-0.25, -0.2) is 19.9 Å². The molecule has 0 spiro atoms. The van der Waals surface area contributed by atoms with Crippen LogP contribution in [-0.2, 0) is 0 Å². The molecule has 0 saturated carbocycles. The Hall–Kier alpha value is -6.00. The highest BCUT2D eigenvalue weighted by Gasteiger charge is 2.12. The maximum atomic E-state index is 5.12. The summed E-state index contributed by atoms with van der Waals surface area (Å²) in [6, 6.07) is 53.8. The largest absolute Gasteiger partial charge is 0.245 e. The number of pyridine rings is 2. The molecular weight excluding hydrogens is 536 g/mol. The third-order valence-corrected chi connectivity index (χ3v) is 7.89. The zero-order chi connectivity index (χ0) is 29.3. The van der Waals surface area contributed by atoms with E-state index in [0.29, 0.717) is 5.82 Å². The second-order valence-electron chi connectivity index (χ2n) is 10.7. The molecule has 5 aromatic carbocycles. The molecule has 4 heteroatoms. The first-order valence-electron chi connectivity index (χ1n) is 14.7. The van der Waals surface area contributed by atoms with Crippen molar-refractivity contribution in [1.82, 2.24) is 19.9 Å². The summed E-state index contributed by atoms with van der Waals surface area (Å²) in [6.45, 7) is 0. The van der Waals surface area contributed by atoms with E-state index >= 15 is 0 Å². The van der Waals surface area contributed by atoms with Crippen LogP contribution in [0.4, 0.5) is 0 Å². The van der Waals surface area contributed by atoms with Crippen molar-refractivity contribution in [3.8, 4) is 56.4 Å². The highest BCUT2D eigenvalue weighted by molar-refractivity contribution is 6.04. The molecule has 3 aromatic heterocycles. The Morgan fingerprint density at radius 1 is 0.273 bits per heavy atom. The summed E-state index contributed by atoms with van der Waals surface area (Å²) < 4.78 is 0. The molecule has 0 unspecified atom stereocenters. The van der Waals surface area contributed by atoms with Crippen molar-refractivity contribution in [3.05, 3.63) is 158 Å². The molecule has 8 rings (SSSR count). The van der Waals surface area contributed by atoms with Crippen molar-refractivity contribution in [2.75, 3.05) is 0 Å². The van der Waals surface area contributed by atoms with E-state index in [9.17, 15) is 0 Å². The van der Waals surface area contributed by atoms with Crippen LogP contribution in [0.2, 0.25) is 0 Å². The average Bonchev–Trinajstić information content (AvgIpc) is 3.12. The van der Waals surface area contributed by atoms with Crippen molar-refractivity contribution < 1.29 is 0 Å². The van der Waals surface area contributed by atoms with Crippen LogP contribution in [0, 0.1) is 0 Å². The molecule has 4 nitrogen and oxygen atoms in total. The molecule has 0 N–H and O–H groups in total. The standard InChI is InChI=1S/C40H26N4/c1-4-10-27(11-5-1)34-24-22-31-18-19-32-23-25-35(42-39(32)38(31)41-34)30-16-20-33(21-17-30)40-43-36(28-12-6-2-7-13-28)26-37(44-40)29-14-8-3-9-15-29/h1-26H. The highest BCUT2D eigenvalue weighted by Crippen LogP contribution is 2.31. The molecular formula is C40H26N4. The number of fused-ring (bicyclic) bond motifs is 3. The van der Waals surface area contributed by atoms with Gasteiger partial charge in [0, 0.05) is 38.6 Å². The maximum Gasteiger partial charge on any atom is 0.160 e. The van der Waals surface area contributed by atoms with E-state index in [2.05, 4.69) is 103 Å². The first-order valence-corrected chi connectivity index (χ1v) is 14.7. The number of hydrogen-bond acceptors (Lipinski definition) is 4. The lowest BCUT2D eigenvalue weighted by Gasteiger charge is -2.10. The van der Waals surface area contributed by atoms with Gasteiger partial charge < -0.3 is 0 Å². The Morgan fingerprint density at radius 3 is 1.09 bits per heavy atom. The summed E-state index contributed by atoms with van der Waals surface area (Å²) in [5, 5.41) is 2.14. The minimum atomic E-state index is 0.687. The Balaban J connectivity index is 1.19. The number of benzene rings is 5. The van der Waals surface area contributed by atoms with Crippen LogP contribution in [0.25, 0.3) is 78.2 Å². The number of rotatable bonds is 5. The van der Waals surface area contributed by atoms with E-state index < -0.39 is 0 Å². The van der Waals surface area contributed by atoms with E-state index in [1.54, 1.807) is 0 Å². The fraction of sp³-hybridized carbons (Fsp3) is 0. The monoisotopic (exact) mass is 562 g/mol. The molecule has 0 aliphatic heterocycles. The van der Waals surface area contributed by atoms with Crippen LogP contribution in [0.1, 0.15) is 0 Å². The highest BCUT2D eigenvalue weighted by atomic mass is 14.9. The first kappa shape index (κ1) is 25.7. The minimum Gasteiger partial charge on any atom is -0.245 e. The van der Waals surface area contributed by atoms with Gasteiger partial charge in [-0.15, -0.1) is 0 Å². The van der Waals surface area contributed by atoms with Crippen LogP contribution in [-0.4, -0.2) is 19.9 Å². The van der Waals surface area contributed by atoms with E-state index in [4.69, 9.17) is 19.9 Å². The molecule has 3 heterocycles. The van der Waals surface area contributed by atoms with E-state index in [1.165, 1.54) is 0 Å². The van der Waals surface area contributed by atoms with Gasteiger partial charge in [0.25, 0.3) is 0 Å². The lowest BCUT2D eigenvalue weighted by Crippen LogP contribution is -1.96. The van der Waals surface area contributed by atoms with Gasteiger partial charge in [0.15, 0.2) is 5.82 Å². The van der Waals surface area contributed by atoms with Crippen LogP contribution in [0.3, 0.4) is 0 Å². The van der Waals surface area contributed by atoms with Gasteiger partial charge in [-0.3, -0.25) is 0 Å². The molecule has 0 atom stereocenters. The zero-order valence-corrected chi connectivity index (χ0v) is 23.8. The Morgan fingerprint density at radius 2 is 0.636 bits per heavy atom. The minimum absolute atomic E-state index is 0.687. The fourth-order valence-corrected chi connectivity index (χ4v) is 5.58. The van der Waals surface area contributed by atoms with E-state index in [-0.39, 0.29) is 0 Å². The smallest absolute Gasteiger partial charge is 0.160 e. The van der Waals surface area contributed by atoms with Gasteiger partial charge in [0.05, 0.1) is 33.8 Å². The lowest BCUT2D eigenvalue weighted by atomic mass is 10.0. The molecule has 0 aliphatic carbocycles. The second-order valence-corrected chi connectivity index (χ2v) is 10.7. The fourth-order valence-electron chi connectivity index (χ4n) is 5.58. The molecule has 206 valence electrons. The van der Waals surface area contributed by atoms with Gasteiger partial charge >= 0.3 is 0 Å². The molecule has 0 fully saturated rings. The molecule has 0 bridgehead atoms. The predicted molar refractivity (Wildman–Crippen MR) is 180 cm³/mol. The first-order chi connectivity index (χ1) is 21.8. The molecule has 8 aromatic rings. The van der Waals surface area contributed by atoms with Crippen molar-refractivity contribution in [2.24, 2.45) is 0 Å². The Labute approximate surface area is 255 Å².